The standard InChI is InChI=1S/C12H25NO3/c1-11(2,3)7-10(8-14)13(9-15)16-12(4,5)6/h9-10,14H,7-8H2,1-6H3/t10-/m0/s1. The van der Waals surface area contributed by atoms with Crippen LogP contribution in [0, 0.1) is 5.41 Å². The van der Waals surface area contributed by atoms with Crippen molar-refractivity contribution in [1.82, 2.24) is 5.06 Å². The number of aliphatic hydroxyl groups is 1. The Labute approximate surface area is 98.5 Å². The molecule has 4 nitrogen and oxygen atoms in total. The second-order valence-corrected chi connectivity index (χ2v) is 6.27. The van der Waals surface area contributed by atoms with Crippen LogP contribution in [0.25, 0.3) is 0 Å². The van der Waals surface area contributed by atoms with Gasteiger partial charge in [-0.25, -0.2) is 5.06 Å². The van der Waals surface area contributed by atoms with Gasteiger partial charge in [0.15, 0.2) is 0 Å². The summed E-state index contributed by atoms with van der Waals surface area (Å²) in [6.07, 6.45) is 1.33. The molecule has 0 aliphatic carbocycles. The summed E-state index contributed by atoms with van der Waals surface area (Å²) in [6.45, 7) is 11.7. The summed E-state index contributed by atoms with van der Waals surface area (Å²) < 4.78 is 0. The maximum absolute atomic E-state index is 11.0. The molecule has 0 aliphatic rings. The second-order valence-electron chi connectivity index (χ2n) is 6.27. The van der Waals surface area contributed by atoms with Crippen molar-refractivity contribution < 1.29 is 14.7 Å². The van der Waals surface area contributed by atoms with Crippen LogP contribution < -0.4 is 0 Å². The molecule has 1 atom stereocenters. The van der Waals surface area contributed by atoms with Crippen molar-refractivity contribution in [3.05, 3.63) is 0 Å². The van der Waals surface area contributed by atoms with Gasteiger partial charge in [-0.3, -0.25) is 9.63 Å². The molecule has 16 heavy (non-hydrogen) atoms. The average molecular weight is 231 g/mol. The molecule has 0 spiro atoms. The molecule has 1 N–H and O–H groups in total. The Kier molecular flexibility index (Phi) is 5.42. The van der Waals surface area contributed by atoms with Gasteiger partial charge in [0.2, 0.25) is 6.41 Å². The van der Waals surface area contributed by atoms with Crippen LogP contribution in [0.15, 0.2) is 0 Å². The molecule has 4 heteroatoms. The van der Waals surface area contributed by atoms with Crippen molar-refractivity contribution in [3.63, 3.8) is 0 Å². The summed E-state index contributed by atoms with van der Waals surface area (Å²) in [5.41, 5.74) is -0.401. The molecular weight excluding hydrogens is 206 g/mol. The summed E-state index contributed by atoms with van der Waals surface area (Å²) in [4.78, 5) is 16.4. The Morgan fingerprint density at radius 1 is 1.25 bits per heavy atom. The Morgan fingerprint density at radius 2 is 1.75 bits per heavy atom. The highest BCUT2D eigenvalue weighted by molar-refractivity contribution is 5.45. The van der Waals surface area contributed by atoms with Gasteiger partial charge in [-0.2, -0.15) is 0 Å². The normalized spacial score (nSPS) is 14.7. The number of hydrogen-bond donors (Lipinski definition) is 1. The number of nitrogens with zero attached hydrogens (tertiary/aromatic N) is 1. The van der Waals surface area contributed by atoms with Gasteiger partial charge in [-0.05, 0) is 32.6 Å². The highest BCUT2D eigenvalue weighted by Crippen LogP contribution is 2.24. The number of hydroxylamine groups is 2. The minimum absolute atomic E-state index is 0.0376. The van der Waals surface area contributed by atoms with Crippen LogP contribution in [0.4, 0.5) is 0 Å². The van der Waals surface area contributed by atoms with E-state index in [0.717, 1.165) is 0 Å². The fourth-order valence-corrected chi connectivity index (χ4v) is 1.44. The Balaban J connectivity index is 4.57. The molecule has 0 rings (SSSR count). The molecule has 96 valence electrons. The van der Waals surface area contributed by atoms with Gasteiger partial charge in [0, 0.05) is 0 Å². The second kappa shape index (κ2) is 5.64. The fourth-order valence-electron chi connectivity index (χ4n) is 1.44. The molecule has 0 heterocycles. The first kappa shape index (κ1) is 15.4. The molecule has 0 aromatic rings. The summed E-state index contributed by atoms with van der Waals surface area (Å²) in [5, 5.41) is 10.5. The lowest BCUT2D eigenvalue weighted by Crippen LogP contribution is -2.43. The third kappa shape index (κ3) is 6.80. The first-order chi connectivity index (χ1) is 7.09. The van der Waals surface area contributed by atoms with E-state index < -0.39 is 5.60 Å². The Hall–Kier alpha value is -0.610. The van der Waals surface area contributed by atoms with Crippen molar-refractivity contribution >= 4 is 6.41 Å². The molecular formula is C12H25NO3. The topological polar surface area (TPSA) is 49.8 Å². The van der Waals surface area contributed by atoms with Gasteiger partial charge in [0.05, 0.1) is 18.2 Å². The molecule has 1 amide bonds. The van der Waals surface area contributed by atoms with Crippen molar-refractivity contribution in [2.24, 2.45) is 5.41 Å². The lowest BCUT2D eigenvalue weighted by molar-refractivity contribution is -0.239. The highest BCUT2D eigenvalue weighted by Gasteiger charge is 2.27. The zero-order chi connectivity index (χ0) is 13.0. The van der Waals surface area contributed by atoms with Crippen molar-refractivity contribution in [2.45, 2.75) is 59.6 Å². The lowest BCUT2D eigenvalue weighted by Gasteiger charge is -2.35. The quantitative estimate of drug-likeness (QED) is 0.581. The third-order valence-corrected chi connectivity index (χ3v) is 1.90. The number of carbonyl (C=O) groups is 1. The summed E-state index contributed by atoms with van der Waals surface area (Å²) in [5.74, 6) is 0. The van der Waals surface area contributed by atoms with Gasteiger partial charge < -0.3 is 5.11 Å². The van der Waals surface area contributed by atoms with Crippen LogP contribution >= 0.6 is 0 Å². The number of hydrogen-bond acceptors (Lipinski definition) is 3. The maximum atomic E-state index is 11.0. The van der Waals surface area contributed by atoms with E-state index in [4.69, 9.17) is 4.84 Å². The first-order valence-electron chi connectivity index (χ1n) is 5.63. The molecule has 0 saturated carbocycles. The van der Waals surface area contributed by atoms with E-state index in [1.165, 1.54) is 5.06 Å². The van der Waals surface area contributed by atoms with E-state index in [1.54, 1.807) is 0 Å². The third-order valence-electron chi connectivity index (χ3n) is 1.90. The van der Waals surface area contributed by atoms with Crippen LogP contribution in [-0.2, 0) is 9.63 Å². The highest BCUT2D eigenvalue weighted by atomic mass is 16.7. The molecule has 0 radical (unpaired) electrons. The van der Waals surface area contributed by atoms with Gasteiger partial charge in [0.1, 0.15) is 0 Å². The number of aliphatic hydroxyl groups excluding tert-OH is 1. The lowest BCUT2D eigenvalue weighted by atomic mass is 9.88. The van der Waals surface area contributed by atoms with Gasteiger partial charge >= 0.3 is 0 Å². The molecule has 0 unspecified atom stereocenters. The smallest absolute Gasteiger partial charge is 0.233 e. The van der Waals surface area contributed by atoms with E-state index in [1.807, 2.05) is 20.8 Å². The summed E-state index contributed by atoms with van der Waals surface area (Å²) in [7, 11) is 0. The number of amides is 1. The Morgan fingerprint density at radius 3 is 2.00 bits per heavy atom. The predicted molar refractivity (Wildman–Crippen MR) is 63.7 cm³/mol. The summed E-state index contributed by atoms with van der Waals surface area (Å²) in [6, 6.07) is -0.295. The number of rotatable bonds is 5. The minimum atomic E-state index is -0.438. The maximum Gasteiger partial charge on any atom is 0.233 e. The summed E-state index contributed by atoms with van der Waals surface area (Å²) >= 11 is 0. The van der Waals surface area contributed by atoms with E-state index in [9.17, 15) is 9.90 Å². The molecule has 0 aromatic carbocycles. The van der Waals surface area contributed by atoms with Crippen LogP contribution in [-0.4, -0.2) is 34.8 Å². The van der Waals surface area contributed by atoms with E-state index >= 15 is 0 Å². The molecule has 0 saturated heterocycles. The van der Waals surface area contributed by atoms with Crippen molar-refractivity contribution in [2.75, 3.05) is 6.61 Å². The molecule has 0 aliphatic heterocycles. The predicted octanol–water partition coefficient (Wildman–Crippen LogP) is 1.97. The monoisotopic (exact) mass is 231 g/mol. The molecule has 0 fully saturated rings. The average Bonchev–Trinajstić information content (AvgIpc) is 2.07. The van der Waals surface area contributed by atoms with Crippen molar-refractivity contribution in [3.8, 4) is 0 Å². The van der Waals surface area contributed by atoms with Crippen LogP contribution in [0.1, 0.15) is 48.0 Å². The largest absolute Gasteiger partial charge is 0.394 e. The Bertz CT molecular complexity index is 215. The molecule has 0 bridgehead atoms. The fraction of sp³-hybridized carbons (Fsp3) is 0.917. The zero-order valence-corrected chi connectivity index (χ0v) is 11.3. The van der Waals surface area contributed by atoms with E-state index in [0.29, 0.717) is 12.8 Å². The van der Waals surface area contributed by atoms with Gasteiger partial charge in [0.25, 0.3) is 0 Å². The SMILES string of the molecule is CC(C)(C)C[C@@H](CO)N(C=O)OC(C)(C)C. The van der Waals surface area contributed by atoms with Gasteiger partial charge in [-0.1, -0.05) is 20.8 Å². The number of carbonyl (C=O) groups excluding carboxylic acids is 1. The van der Waals surface area contributed by atoms with Crippen LogP contribution in [0.5, 0.6) is 0 Å². The van der Waals surface area contributed by atoms with E-state index in [-0.39, 0.29) is 18.1 Å². The van der Waals surface area contributed by atoms with Crippen molar-refractivity contribution in [1.29, 1.82) is 0 Å². The minimum Gasteiger partial charge on any atom is -0.394 e. The van der Waals surface area contributed by atoms with E-state index in [2.05, 4.69) is 20.8 Å². The molecule has 0 aromatic heterocycles. The van der Waals surface area contributed by atoms with Crippen LogP contribution in [0.2, 0.25) is 0 Å². The zero-order valence-electron chi connectivity index (χ0n) is 11.3. The first-order valence-corrected chi connectivity index (χ1v) is 5.63. The van der Waals surface area contributed by atoms with Crippen LogP contribution in [0.3, 0.4) is 0 Å². The van der Waals surface area contributed by atoms with Gasteiger partial charge in [-0.15, -0.1) is 0 Å².